The van der Waals surface area contributed by atoms with Gasteiger partial charge in [-0.2, -0.15) is 0 Å². The number of nitrogens with two attached hydrogens (primary N) is 1. The van der Waals surface area contributed by atoms with E-state index in [2.05, 4.69) is 15.0 Å². The van der Waals surface area contributed by atoms with Gasteiger partial charge in [-0.1, -0.05) is 11.6 Å². The molecule has 0 bridgehead atoms. The van der Waals surface area contributed by atoms with Crippen LogP contribution in [0.3, 0.4) is 0 Å². The summed E-state index contributed by atoms with van der Waals surface area (Å²) in [6, 6.07) is 0. The molecule has 4 nitrogen and oxygen atoms in total. The third-order valence-corrected chi connectivity index (χ3v) is 2.54. The van der Waals surface area contributed by atoms with Crippen LogP contribution in [0.5, 0.6) is 0 Å². The highest BCUT2D eigenvalue weighted by atomic mass is 35.5. The minimum absolute atomic E-state index is 0.161. The van der Waals surface area contributed by atoms with Crippen LogP contribution in [0, 0.1) is 0 Å². The smallest absolute Gasteiger partial charge is 0.264 e. The Labute approximate surface area is 94.8 Å². The van der Waals surface area contributed by atoms with E-state index >= 15 is 0 Å². The van der Waals surface area contributed by atoms with E-state index in [0.717, 1.165) is 0 Å². The molecule has 0 aliphatic heterocycles. The van der Waals surface area contributed by atoms with Gasteiger partial charge in [0.05, 0.1) is 11.9 Å². The number of nitrogens with one attached hydrogen (secondary N) is 1. The van der Waals surface area contributed by atoms with E-state index in [1.807, 2.05) is 0 Å². The number of halogens is 3. The highest BCUT2D eigenvalue weighted by Crippen LogP contribution is 2.27. The van der Waals surface area contributed by atoms with Gasteiger partial charge in [-0.15, -0.1) is 0 Å². The number of hydrogen-bond acceptors (Lipinski definition) is 3. The van der Waals surface area contributed by atoms with Gasteiger partial charge in [0, 0.05) is 12.6 Å². The fourth-order valence-electron chi connectivity index (χ4n) is 1.48. The summed E-state index contributed by atoms with van der Waals surface area (Å²) in [5, 5.41) is 0.589. The summed E-state index contributed by atoms with van der Waals surface area (Å²) in [6.45, 7) is -0.703. The Morgan fingerprint density at radius 1 is 1.44 bits per heavy atom. The average molecular weight is 247 g/mol. The number of fused-ring (bicyclic) bond motifs is 1. The molecular weight excluding hydrogens is 238 g/mol. The van der Waals surface area contributed by atoms with Crippen molar-refractivity contribution in [2.75, 3.05) is 6.54 Å². The van der Waals surface area contributed by atoms with Gasteiger partial charge < -0.3 is 10.7 Å². The molecule has 0 aliphatic rings. The summed E-state index contributed by atoms with van der Waals surface area (Å²) < 4.78 is 26.3. The van der Waals surface area contributed by atoms with Crippen molar-refractivity contribution in [1.82, 2.24) is 15.0 Å². The summed E-state index contributed by atoms with van der Waals surface area (Å²) in [4.78, 5) is 10.4. The Hall–Kier alpha value is -1.27. The fraction of sp³-hybridized carbons (Fsp3) is 0.333. The van der Waals surface area contributed by atoms with E-state index < -0.39 is 18.9 Å². The summed E-state index contributed by atoms with van der Waals surface area (Å²) in [6.07, 6.45) is 2.25. The van der Waals surface area contributed by atoms with Gasteiger partial charge >= 0.3 is 0 Å². The Morgan fingerprint density at radius 2 is 2.19 bits per heavy atom. The van der Waals surface area contributed by atoms with Gasteiger partial charge in [0.1, 0.15) is 17.1 Å². The number of hydrogen-bond donors (Lipinski definition) is 2. The zero-order valence-electron chi connectivity index (χ0n) is 8.17. The molecule has 0 radical (unpaired) electrons. The Morgan fingerprint density at radius 3 is 2.88 bits per heavy atom. The molecule has 0 atom stereocenters. The molecule has 0 aliphatic carbocycles. The highest BCUT2D eigenvalue weighted by molar-refractivity contribution is 6.34. The first-order chi connectivity index (χ1) is 7.53. The molecule has 2 aromatic heterocycles. The lowest BCUT2D eigenvalue weighted by Crippen LogP contribution is -2.30. The van der Waals surface area contributed by atoms with Crippen LogP contribution in [0.25, 0.3) is 11.0 Å². The van der Waals surface area contributed by atoms with E-state index in [1.54, 1.807) is 0 Å². The molecule has 7 heteroatoms. The quantitative estimate of drug-likeness (QED) is 0.811. The van der Waals surface area contributed by atoms with Crippen molar-refractivity contribution in [1.29, 1.82) is 0 Å². The zero-order chi connectivity index (χ0) is 11.8. The van der Waals surface area contributed by atoms with Crippen LogP contribution in [-0.2, 0) is 6.42 Å². The van der Waals surface area contributed by atoms with Crippen molar-refractivity contribution in [3.8, 4) is 0 Å². The minimum Gasteiger partial charge on any atom is -0.346 e. The Balaban J connectivity index is 2.46. The topological polar surface area (TPSA) is 67.6 Å². The van der Waals surface area contributed by atoms with E-state index in [0.29, 0.717) is 16.6 Å². The van der Waals surface area contributed by atoms with Crippen LogP contribution in [0.2, 0.25) is 5.15 Å². The lowest BCUT2D eigenvalue weighted by molar-refractivity contribution is 0.0118. The van der Waals surface area contributed by atoms with Gasteiger partial charge in [0.25, 0.3) is 5.92 Å². The minimum atomic E-state index is -2.95. The number of rotatable bonds is 3. The second-order valence-electron chi connectivity index (χ2n) is 3.44. The van der Waals surface area contributed by atoms with Gasteiger partial charge in [-0.05, 0) is 5.56 Å². The highest BCUT2D eigenvalue weighted by Gasteiger charge is 2.29. The third-order valence-electron chi connectivity index (χ3n) is 2.25. The molecular formula is C9H9ClF2N4. The number of nitrogens with zero attached hydrogens (tertiary/aromatic N) is 2. The number of aromatic nitrogens is 3. The molecule has 0 saturated heterocycles. The summed E-state index contributed by atoms with van der Waals surface area (Å²) in [5.74, 6) is -2.95. The molecule has 0 amide bonds. The van der Waals surface area contributed by atoms with Gasteiger partial charge in [-0.3, -0.25) is 0 Å². The van der Waals surface area contributed by atoms with Crippen molar-refractivity contribution >= 4 is 22.6 Å². The monoisotopic (exact) mass is 246 g/mol. The maximum absolute atomic E-state index is 13.2. The molecule has 2 heterocycles. The second kappa shape index (κ2) is 3.95. The number of H-pyrrole nitrogens is 1. The molecule has 2 aromatic rings. The predicted octanol–water partition coefficient (Wildman–Crippen LogP) is 1.75. The Bertz CT molecular complexity index is 511. The van der Waals surface area contributed by atoms with Crippen LogP contribution in [-0.4, -0.2) is 27.4 Å². The average Bonchev–Trinajstić information content (AvgIpc) is 2.62. The summed E-state index contributed by atoms with van der Waals surface area (Å²) in [7, 11) is 0. The molecule has 2 rings (SSSR count). The van der Waals surface area contributed by atoms with Crippen LogP contribution < -0.4 is 5.73 Å². The van der Waals surface area contributed by atoms with Crippen molar-refractivity contribution in [2.24, 2.45) is 5.73 Å². The van der Waals surface area contributed by atoms with Gasteiger partial charge in [0.15, 0.2) is 0 Å². The van der Waals surface area contributed by atoms with Gasteiger partial charge in [-0.25, -0.2) is 18.7 Å². The summed E-state index contributed by atoms with van der Waals surface area (Å²) in [5.41, 5.74) is 5.80. The summed E-state index contributed by atoms with van der Waals surface area (Å²) >= 11 is 5.83. The zero-order valence-corrected chi connectivity index (χ0v) is 8.93. The fourth-order valence-corrected chi connectivity index (χ4v) is 1.73. The number of alkyl halides is 2. The normalized spacial score (nSPS) is 12.2. The van der Waals surface area contributed by atoms with E-state index in [1.165, 1.54) is 12.5 Å². The van der Waals surface area contributed by atoms with Gasteiger partial charge in [0.2, 0.25) is 0 Å². The maximum atomic E-state index is 13.2. The third kappa shape index (κ3) is 1.98. The largest absolute Gasteiger partial charge is 0.346 e. The van der Waals surface area contributed by atoms with E-state index in [-0.39, 0.29) is 5.15 Å². The lowest BCUT2D eigenvalue weighted by atomic mass is 10.1. The van der Waals surface area contributed by atoms with Crippen molar-refractivity contribution in [3.05, 3.63) is 23.2 Å². The predicted molar refractivity (Wildman–Crippen MR) is 56.6 cm³/mol. The van der Waals surface area contributed by atoms with Crippen LogP contribution in [0.4, 0.5) is 8.78 Å². The van der Waals surface area contributed by atoms with E-state index in [9.17, 15) is 8.78 Å². The molecule has 0 spiro atoms. The molecule has 0 fully saturated rings. The molecule has 3 N–H and O–H groups in total. The van der Waals surface area contributed by atoms with Crippen molar-refractivity contribution < 1.29 is 8.78 Å². The van der Waals surface area contributed by atoms with Crippen LogP contribution in [0.15, 0.2) is 12.5 Å². The van der Waals surface area contributed by atoms with Crippen LogP contribution in [0.1, 0.15) is 5.56 Å². The van der Waals surface area contributed by atoms with Crippen molar-refractivity contribution in [3.63, 3.8) is 0 Å². The molecule has 0 saturated carbocycles. The molecule has 0 unspecified atom stereocenters. The first-order valence-corrected chi connectivity index (χ1v) is 4.95. The standard InChI is InChI=1S/C9H9ClF2N4/c10-7-6-5(1-9(11,12)3-13)2-14-8(6)16-4-15-7/h2,4H,1,3,13H2,(H,14,15,16). The second-order valence-corrected chi connectivity index (χ2v) is 3.80. The first kappa shape index (κ1) is 11.2. The van der Waals surface area contributed by atoms with Crippen LogP contribution >= 0.6 is 11.6 Å². The SMILES string of the molecule is NCC(F)(F)Cc1c[nH]c2ncnc(Cl)c12. The Kier molecular flexibility index (Phi) is 2.77. The lowest BCUT2D eigenvalue weighted by Gasteiger charge is -2.12. The number of aromatic amines is 1. The maximum Gasteiger partial charge on any atom is 0.264 e. The van der Waals surface area contributed by atoms with Crippen molar-refractivity contribution in [2.45, 2.75) is 12.3 Å². The molecule has 16 heavy (non-hydrogen) atoms. The van der Waals surface area contributed by atoms with E-state index in [4.69, 9.17) is 17.3 Å². The molecule has 0 aromatic carbocycles. The first-order valence-electron chi connectivity index (χ1n) is 4.58. The molecule has 86 valence electrons.